The second-order valence-corrected chi connectivity index (χ2v) is 5.58. The van der Waals surface area contributed by atoms with Gasteiger partial charge in [-0.2, -0.15) is 0 Å². The van der Waals surface area contributed by atoms with Gasteiger partial charge in [0.15, 0.2) is 4.77 Å². The standard InChI is InChI=1S/C13H14ClFN2OS/c14-9-6-12-11(7-10(9)15)16-13(19)17(12)4-3-8-2-1-5-18-8/h6-8H,1-5H2,(H,16,19). The first-order valence-electron chi connectivity index (χ1n) is 6.34. The number of halogens is 2. The SMILES string of the molecule is Fc1cc2[nH]c(=S)n(CCC3CCCO3)c2cc1Cl. The molecule has 1 atom stereocenters. The minimum atomic E-state index is -0.434. The highest BCUT2D eigenvalue weighted by atomic mass is 35.5. The Hall–Kier alpha value is -0.910. The Labute approximate surface area is 120 Å². The molecule has 0 bridgehead atoms. The zero-order valence-electron chi connectivity index (χ0n) is 10.3. The van der Waals surface area contributed by atoms with E-state index in [1.807, 2.05) is 4.57 Å². The van der Waals surface area contributed by atoms with Crippen LogP contribution in [0.4, 0.5) is 4.39 Å². The molecule has 2 heterocycles. The second kappa shape index (κ2) is 5.23. The van der Waals surface area contributed by atoms with E-state index < -0.39 is 5.82 Å². The van der Waals surface area contributed by atoms with E-state index in [1.54, 1.807) is 6.07 Å². The van der Waals surface area contributed by atoms with Gasteiger partial charge in [0, 0.05) is 19.2 Å². The number of hydrogen-bond donors (Lipinski definition) is 1. The first-order chi connectivity index (χ1) is 9.15. The summed E-state index contributed by atoms with van der Waals surface area (Å²) in [4.78, 5) is 3.01. The maximum atomic E-state index is 13.4. The van der Waals surface area contributed by atoms with E-state index in [2.05, 4.69) is 4.98 Å². The number of fused-ring (bicyclic) bond motifs is 1. The van der Waals surface area contributed by atoms with Crippen LogP contribution >= 0.6 is 23.8 Å². The number of imidazole rings is 1. The third-order valence-corrected chi connectivity index (χ3v) is 4.13. The molecule has 1 aliphatic heterocycles. The number of aryl methyl sites for hydroxylation is 1. The lowest BCUT2D eigenvalue weighted by molar-refractivity contribution is 0.101. The van der Waals surface area contributed by atoms with Gasteiger partial charge in [-0.15, -0.1) is 0 Å². The summed E-state index contributed by atoms with van der Waals surface area (Å²) in [6.07, 6.45) is 3.45. The maximum Gasteiger partial charge on any atom is 0.178 e. The fourth-order valence-electron chi connectivity index (χ4n) is 2.52. The highest BCUT2D eigenvalue weighted by Gasteiger charge is 2.16. The molecule has 1 aromatic carbocycles. The van der Waals surface area contributed by atoms with Crippen molar-refractivity contribution < 1.29 is 9.13 Å². The highest BCUT2D eigenvalue weighted by Crippen LogP contribution is 2.24. The fourth-order valence-corrected chi connectivity index (χ4v) is 2.98. The molecule has 3 rings (SSSR count). The molecule has 0 amide bonds. The van der Waals surface area contributed by atoms with Crippen LogP contribution in [0.15, 0.2) is 12.1 Å². The molecule has 1 saturated heterocycles. The number of aromatic nitrogens is 2. The Bertz CT molecular complexity index is 660. The van der Waals surface area contributed by atoms with Gasteiger partial charge < -0.3 is 14.3 Å². The molecule has 1 aliphatic rings. The van der Waals surface area contributed by atoms with Crippen molar-refractivity contribution >= 4 is 34.9 Å². The van der Waals surface area contributed by atoms with Gasteiger partial charge >= 0.3 is 0 Å². The van der Waals surface area contributed by atoms with Crippen LogP contribution in [0.1, 0.15) is 19.3 Å². The summed E-state index contributed by atoms with van der Waals surface area (Å²) in [7, 11) is 0. The summed E-state index contributed by atoms with van der Waals surface area (Å²) in [6.45, 7) is 1.60. The van der Waals surface area contributed by atoms with Crippen LogP contribution in [-0.4, -0.2) is 22.3 Å². The van der Waals surface area contributed by atoms with Gasteiger partial charge in [0.25, 0.3) is 0 Å². The van der Waals surface area contributed by atoms with Gasteiger partial charge in [-0.05, 0) is 37.5 Å². The summed E-state index contributed by atoms with van der Waals surface area (Å²) >= 11 is 11.1. The molecule has 0 saturated carbocycles. The minimum absolute atomic E-state index is 0.118. The van der Waals surface area contributed by atoms with Gasteiger partial charge in [-0.25, -0.2) is 4.39 Å². The monoisotopic (exact) mass is 300 g/mol. The third-order valence-electron chi connectivity index (χ3n) is 3.51. The Balaban J connectivity index is 1.91. The van der Waals surface area contributed by atoms with Gasteiger partial charge in [-0.1, -0.05) is 11.6 Å². The first kappa shape index (κ1) is 13.1. The van der Waals surface area contributed by atoms with Crippen molar-refractivity contribution in [2.75, 3.05) is 6.61 Å². The van der Waals surface area contributed by atoms with Gasteiger partial charge in [0.2, 0.25) is 0 Å². The van der Waals surface area contributed by atoms with Crippen LogP contribution in [0.3, 0.4) is 0 Å². The lowest BCUT2D eigenvalue weighted by Gasteiger charge is -2.10. The number of nitrogens with zero attached hydrogens (tertiary/aromatic N) is 1. The molecule has 0 aliphatic carbocycles. The molecular weight excluding hydrogens is 287 g/mol. The number of nitrogens with one attached hydrogen (secondary N) is 1. The summed E-state index contributed by atoms with van der Waals surface area (Å²) < 4.78 is 21.6. The van der Waals surface area contributed by atoms with Crippen LogP contribution in [-0.2, 0) is 11.3 Å². The van der Waals surface area contributed by atoms with Crippen molar-refractivity contribution in [3.8, 4) is 0 Å². The van der Waals surface area contributed by atoms with E-state index in [-0.39, 0.29) is 5.02 Å². The van der Waals surface area contributed by atoms with Gasteiger partial charge in [-0.3, -0.25) is 0 Å². The summed E-state index contributed by atoms with van der Waals surface area (Å²) in [6, 6.07) is 3.00. The van der Waals surface area contributed by atoms with E-state index in [0.717, 1.165) is 37.9 Å². The smallest absolute Gasteiger partial charge is 0.178 e. The number of benzene rings is 1. The zero-order valence-corrected chi connectivity index (χ0v) is 11.9. The molecule has 19 heavy (non-hydrogen) atoms. The van der Waals surface area contributed by atoms with Crippen LogP contribution in [0.5, 0.6) is 0 Å². The Morgan fingerprint density at radius 2 is 2.37 bits per heavy atom. The highest BCUT2D eigenvalue weighted by molar-refractivity contribution is 7.71. The normalized spacial score (nSPS) is 19.4. The average molecular weight is 301 g/mol. The molecule has 2 aromatic rings. The zero-order chi connectivity index (χ0) is 13.4. The van der Waals surface area contributed by atoms with Gasteiger partial charge in [0.05, 0.1) is 22.2 Å². The van der Waals surface area contributed by atoms with E-state index in [1.165, 1.54) is 6.07 Å². The largest absolute Gasteiger partial charge is 0.378 e. The van der Waals surface area contributed by atoms with Crippen molar-refractivity contribution in [1.82, 2.24) is 9.55 Å². The molecule has 6 heteroatoms. The van der Waals surface area contributed by atoms with Crippen molar-refractivity contribution in [3.63, 3.8) is 0 Å². The van der Waals surface area contributed by atoms with E-state index in [9.17, 15) is 4.39 Å². The van der Waals surface area contributed by atoms with E-state index in [0.29, 0.717) is 16.4 Å². The number of ether oxygens (including phenoxy) is 1. The molecule has 1 unspecified atom stereocenters. The molecule has 0 radical (unpaired) electrons. The Kier molecular flexibility index (Phi) is 3.60. The number of aromatic amines is 1. The number of hydrogen-bond acceptors (Lipinski definition) is 2. The predicted molar refractivity (Wildman–Crippen MR) is 75.7 cm³/mol. The molecule has 1 fully saturated rings. The quantitative estimate of drug-likeness (QED) is 0.866. The van der Waals surface area contributed by atoms with Crippen LogP contribution in [0.25, 0.3) is 11.0 Å². The predicted octanol–water partition coefficient (Wildman–Crippen LogP) is 4.06. The van der Waals surface area contributed by atoms with Crippen molar-refractivity contribution in [1.29, 1.82) is 0 Å². The Morgan fingerprint density at radius 3 is 3.11 bits per heavy atom. The molecule has 102 valence electrons. The topological polar surface area (TPSA) is 29.9 Å². The number of rotatable bonds is 3. The van der Waals surface area contributed by atoms with Crippen LogP contribution < -0.4 is 0 Å². The summed E-state index contributed by atoms with van der Waals surface area (Å²) in [5, 5.41) is 0.118. The van der Waals surface area contributed by atoms with Crippen molar-refractivity contribution in [3.05, 3.63) is 27.7 Å². The van der Waals surface area contributed by atoms with E-state index in [4.69, 9.17) is 28.6 Å². The van der Waals surface area contributed by atoms with Gasteiger partial charge in [0.1, 0.15) is 5.82 Å². The van der Waals surface area contributed by atoms with Crippen LogP contribution in [0, 0.1) is 10.6 Å². The summed E-state index contributed by atoms with van der Waals surface area (Å²) in [5.41, 5.74) is 1.52. The fraction of sp³-hybridized carbons (Fsp3) is 0.462. The first-order valence-corrected chi connectivity index (χ1v) is 7.13. The maximum absolute atomic E-state index is 13.4. The molecule has 3 nitrogen and oxygen atoms in total. The molecular formula is C13H14ClFN2OS. The van der Waals surface area contributed by atoms with Crippen molar-refractivity contribution in [2.24, 2.45) is 0 Å². The lowest BCUT2D eigenvalue weighted by Crippen LogP contribution is -2.10. The molecule has 1 N–H and O–H groups in total. The third kappa shape index (κ3) is 2.55. The van der Waals surface area contributed by atoms with Crippen LogP contribution in [0.2, 0.25) is 5.02 Å². The minimum Gasteiger partial charge on any atom is -0.378 e. The van der Waals surface area contributed by atoms with E-state index >= 15 is 0 Å². The second-order valence-electron chi connectivity index (χ2n) is 4.79. The Morgan fingerprint density at radius 1 is 1.53 bits per heavy atom. The molecule has 1 aromatic heterocycles. The molecule has 0 spiro atoms. The lowest BCUT2D eigenvalue weighted by atomic mass is 10.2. The van der Waals surface area contributed by atoms with Crippen molar-refractivity contribution in [2.45, 2.75) is 31.9 Å². The summed E-state index contributed by atoms with van der Waals surface area (Å²) in [5.74, 6) is -0.434. The number of H-pyrrole nitrogens is 1. The average Bonchev–Trinajstić information content (AvgIpc) is 2.96.